The van der Waals surface area contributed by atoms with Crippen LogP contribution in [0.25, 0.3) is 0 Å². The number of aromatic carboxylic acids is 1. The van der Waals surface area contributed by atoms with E-state index in [2.05, 4.69) is 10.4 Å². The largest absolute Gasteiger partial charge is 0.478 e. The van der Waals surface area contributed by atoms with Crippen molar-refractivity contribution in [3.05, 3.63) is 59.2 Å². The van der Waals surface area contributed by atoms with E-state index in [4.69, 9.17) is 16.7 Å². The summed E-state index contributed by atoms with van der Waals surface area (Å²) in [7, 11) is 1.41. The number of anilines is 2. The van der Waals surface area contributed by atoms with E-state index in [-0.39, 0.29) is 28.3 Å². The molecule has 0 aliphatic rings. The average Bonchev–Trinajstić information content (AvgIpc) is 2.53. The number of halogens is 3. The van der Waals surface area contributed by atoms with Crippen LogP contribution in [0.4, 0.5) is 24.5 Å². The molecule has 0 aromatic heterocycles. The number of hydrazine groups is 1. The Morgan fingerprint density at radius 2 is 1.92 bits per heavy atom. The lowest BCUT2D eigenvalue weighted by atomic mass is 10.1. The standard InChI is InChI=1S/C16H16F3N5O2/c1-24(21)23-14(20)12-7-9(15(25)26)5-6-13(12)22-11-4-2-3-10(8-11)16(17,18)19/h2-8,22H,21H2,1H3,(H2,20,23)(H,25,26). The van der Waals surface area contributed by atoms with Crippen LogP contribution in [0.15, 0.2) is 47.6 Å². The molecule has 2 aromatic rings. The first-order valence-corrected chi connectivity index (χ1v) is 7.22. The number of rotatable bonds is 5. The van der Waals surface area contributed by atoms with Gasteiger partial charge in [-0.3, -0.25) is 0 Å². The van der Waals surface area contributed by atoms with E-state index >= 15 is 0 Å². The third-order valence-corrected chi connectivity index (χ3v) is 3.28. The number of hydrogen-bond acceptors (Lipinski definition) is 5. The molecule has 0 spiro atoms. The number of amidine groups is 1. The van der Waals surface area contributed by atoms with Gasteiger partial charge in [0.05, 0.1) is 11.1 Å². The zero-order valence-corrected chi connectivity index (χ0v) is 13.6. The Morgan fingerprint density at radius 3 is 2.50 bits per heavy atom. The Morgan fingerprint density at radius 1 is 1.23 bits per heavy atom. The molecule has 2 aromatic carbocycles. The SMILES string of the molecule is CN(N)/N=C(\N)c1cc(C(=O)O)ccc1Nc1cccc(C(F)(F)F)c1. The molecule has 26 heavy (non-hydrogen) atoms. The van der Waals surface area contributed by atoms with Gasteiger partial charge in [0, 0.05) is 24.0 Å². The zero-order valence-electron chi connectivity index (χ0n) is 13.6. The molecule has 0 bridgehead atoms. The van der Waals surface area contributed by atoms with Crippen molar-refractivity contribution < 1.29 is 23.1 Å². The highest BCUT2D eigenvalue weighted by atomic mass is 19.4. The first kappa shape index (κ1) is 19.1. The Kier molecular flexibility index (Phi) is 5.36. The molecular weight excluding hydrogens is 351 g/mol. The molecule has 0 heterocycles. The maximum Gasteiger partial charge on any atom is 0.416 e. The summed E-state index contributed by atoms with van der Waals surface area (Å²) >= 11 is 0. The quantitative estimate of drug-likeness (QED) is 0.279. The van der Waals surface area contributed by atoms with Gasteiger partial charge in [-0.15, -0.1) is 5.10 Å². The highest BCUT2D eigenvalue weighted by Crippen LogP contribution is 2.32. The smallest absolute Gasteiger partial charge is 0.416 e. The summed E-state index contributed by atoms with van der Waals surface area (Å²) in [5.41, 5.74) is 5.55. The van der Waals surface area contributed by atoms with Crippen LogP contribution in [0.2, 0.25) is 0 Å². The number of benzene rings is 2. The Hall–Kier alpha value is -3.27. The number of carboxylic acids is 1. The van der Waals surface area contributed by atoms with E-state index in [1.165, 1.54) is 37.4 Å². The second-order valence-electron chi connectivity index (χ2n) is 5.33. The minimum Gasteiger partial charge on any atom is -0.478 e. The third-order valence-electron chi connectivity index (χ3n) is 3.28. The van der Waals surface area contributed by atoms with Gasteiger partial charge < -0.3 is 16.2 Å². The van der Waals surface area contributed by atoms with E-state index in [9.17, 15) is 18.0 Å². The monoisotopic (exact) mass is 367 g/mol. The van der Waals surface area contributed by atoms with Crippen molar-refractivity contribution >= 4 is 23.2 Å². The molecule has 138 valence electrons. The summed E-state index contributed by atoms with van der Waals surface area (Å²) < 4.78 is 38.5. The van der Waals surface area contributed by atoms with Crippen LogP contribution in [-0.2, 0) is 6.18 Å². The molecule has 2 rings (SSSR count). The summed E-state index contributed by atoms with van der Waals surface area (Å²) in [6.07, 6.45) is -4.49. The molecule has 10 heteroatoms. The minimum absolute atomic E-state index is 0.0626. The van der Waals surface area contributed by atoms with Crippen LogP contribution in [0.5, 0.6) is 0 Å². The molecule has 0 fully saturated rings. The van der Waals surface area contributed by atoms with Crippen molar-refractivity contribution in [2.75, 3.05) is 12.4 Å². The lowest BCUT2D eigenvalue weighted by Gasteiger charge is -2.15. The maximum atomic E-state index is 12.8. The molecule has 0 saturated carbocycles. The summed E-state index contributed by atoms with van der Waals surface area (Å²) in [6, 6.07) is 8.49. The van der Waals surface area contributed by atoms with Gasteiger partial charge in [-0.1, -0.05) is 6.07 Å². The van der Waals surface area contributed by atoms with Crippen LogP contribution in [0.3, 0.4) is 0 Å². The lowest BCUT2D eigenvalue weighted by Crippen LogP contribution is -2.26. The molecular formula is C16H16F3N5O2. The number of hydrazone groups is 1. The number of carboxylic acid groups (broad SMARTS) is 1. The van der Waals surface area contributed by atoms with Gasteiger partial charge in [-0.2, -0.15) is 13.2 Å². The topological polar surface area (TPSA) is 117 Å². The fraction of sp³-hybridized carbons (Fsp3) is 0.125. The predicted molar refractivity (Wildman–Crippen MR) is 90.8 cm³/mol. The maximum absolute atomic E-state index is 12.8. The number of nitrogens with zero attached hydrogens (tertiary/aromatic N) is 2. The van der Waals surface area contributed by atoms with E-state index in [0.29, 0.717) is 0 Å². The minimum atomic E-state index is -4.49. The molecule has 0 radical (unpaired) electrons. The fourth-order valence-electron chi connectivity index (χ4n) is 2.15. The van der Waals surface area contributed by atoms with Crippen molar-refractivity contribution in [2.45, 2.75) is 6.18 Å². The fourth-order valence-corrected chi connectivity index (χ4v) is 2.15. The molecule has 0 amide bonds. The third kappa shape index (κ3) is 4.63. The molecule has 0 aliphatic carbocycles. The van der Waals surface area contributed by atoms with Gasteiger partial charge in [-0.25, -0.2) is 15.8 Å². The van der Waals surface area contributed by atoms with Crippen LogP contribution in [0.1, 0.15) is 21.5 Å². The predicted octanol–water partition coefficient (Wildman–Crippen LogP) is 2.57. The highest BCUT2D eigenvalue weighted by molar-refractivity contribution is 6.05. The van der Waals surface area contributed by atoms with E-state index in [1.807, 2.05) is 0 Å². The summed E-state index contributed by atoms with van der Waals surface area (Å²) in [6.45, 7) is 0. The number of carbonyl (C=O) groups is 1. The molecule has 7 nitrogen and oxygen atoms in total. The van der Waals surface area contributed by atoms with E-state index < -0.39 is 17.7 Å². The van der Waals surface area contributed by atoms with Crippen LogP contribution >= 0.6 is 0 Å². The van der Waals surface area contributed by atoms with Crippen molar-refractivity contribution in [3.63, 3.8) is 0 Å². The number of nitrogens with two attached hydrogens (primary N) is 2. The first-order chi connectivity index (χ1) is 12.1. The second kappa shape index (κ2) is 7.31. The Balaban J connectivity index is 2.48. The summed E-state index contributed by atoms with van der Waals surface area (Å²) in [5, 5.41) is 16.6. The first-order valence-electron chi connectivity index (χ1n) is 7.22. The lowest BCUT2D eigenvalue weighted by molar-refractivity contribution is -0.137. The van der Waals surface area contributed by atoms with E-state index in [1.54, 1.807) is 0 Å². The second-order valence-corrected chi connectivity index (χ2v) is 5.33. The van der Waals surface area contributed by atoms with Crippen LogP contribution in [0, 0.1) is 0 Å². The Labute approximate surface area is 146 Å². The summed E-state index contributed by atoms with van der Waals surface area (Å²) in [4.78, 5) is 11.2. The molecule has 0 aliphatic heterocycles. The molecule has 0 saturated heterocycles. The van der Waals surface area contributed by atoms with Crippen LogP contribution in [-0.4, -0.2) is 29.1 Å². The zero-order chi connectivity index (χ0) is 19.5. The van der Waals surface area contributed by atoms with Gasteiger partial charge in [-0.05, 0) is 36.4 Å². The van der Waals surface area contributed by atoms with Gasteiger partial charge in [0.25, 0.3) is 0 Å². The highest BCUT2D eigenvalue weighted by Gasteiger charge is 2.30. The van der Waals surface area contributed by atoms with Gasteiger partial charge in [0.2, 0.25) is 0 Å². The van der Waals surface area contributed by atoms with E-state index in [0.717, 1.165) is 17.3 Å². The summed E-state index contributed by atoms with van der Waals surface area (Å²) in [5.74, 6) is 4.11. The van der Waals surface area contributed by atoms with Crippen molar-refractivity contribution in [3.8, 4) is 0 Å². The molecule has 6 N–H and O–H groups in total. The normalized spacial score (nSPS) is 12.0. The van der Waals surface area contributed by atoms with Crippen molar-refractivity contribution in [1.82, 2.24) is 5.12 Å². The van der Waals surface area contributed by atoms with Crippen molar-refractivity contribution in [2.24, 2.45) is 16.7 Å². The van der Waals surface area contributed by atoms with Crippen molar-refractivity contribution in [1.29, 1.82) is 0 Å². The molecule has 0 atom stereocenters. The average molecular weight is 367 g/mol. The Bertz CT molecular complexity index is 850. The number of alkyl halides is 3. The number of nitrogens with one attached hydrogen (secondary N) is 1. The molecule has 0 unspecified atom stereocenters. The van der Waals surface area contributed by atoms with Gasteiger partial charge in [0.1, 0.15) is 0 Å². The van der Waals surface area contributed by atoms with Gasteiger partial charge >= 0.3 is 12.1 Å². The van der Waals surface area contributed by atoms with Crippen LogP contribution < -0.4 is 16.9 Å². The van der Waals surface area contributed by atoms with Gasteiger partial charge in [0.15, 0.2) is 5.84 Å². The number of hydrogen-bond donors (Lipinski definition) is 4.